The van der Waals surface area contributed by atoms with Crippen molar-refractivity contribution in [2.45, 2.75) is 77.6 Å². The van der Waals surface area contributed by atoms with Gasteiger partial charge < -0.3 is 4.74 Å². The van der Waals surface area contributed by atoms with Crippen LogP contribution in [0, 0.1) is 0 Å². The minimum absolute atomic E-state index is 1.00. The molecule has 21 heavy (non-hydrogen) atoms. The average Bonchev–Trinajstić information content (AvgIpc) is 3.39. The van der Waals surface area contributed by atoms with Gasteiger partial charge in [0.1, 0.15) is 0 Å². The summed E-state index contributed by atoms with van der Waals surface area (Å²) in [4.78, 5) is 0. The van der Waals surface area contributed by atoms with Crippen molar-refractivity contribution >= 4 is 0 Å². The Morgan fingerprint density at radius 3 is 1.67 bits per heavy atom. The minimum Gasteiger partial charge on any atom is -0.377 e. The SMILES string of the molecule is C1CO1.CCCCCCCCCCCCc1ccccc1. The fraction of sp³-hybridized carbons (Fsp3) is 0.700. The standard InChI is InChI=1S/C18H30.C2H4O/c1-2-3-4-5-6-7-8-9-10-12-15-18-16-13-11-14-17-18;1-2-3-1/h11,13-14,16-17H,2-10,12,15H2,1H3;1-2H2. The van der Waals surface area contributed by atoms with Crippen molar-refractivity contribution < 1.29 is 4.74 Å². The molecule has 1 aliphatic heterocycles. The smallest absolute Gasteiger partial charge is 0.0701 e. The van der Waals surface area contributed by atoms with Crippen molar-refractivity contribution in [2.75, 3.05) is 13.2 Å². The average molecular weight is 290 g/mol. The number of benzene rings is 1. The molecule has 0 saturated carbocycles. The summed E-state index contributed by atoms with van der Waals surface area (Å²) >= 11 is 0. The molecule has 0 amide bonds. The van der Waals surface area contributed by atoms with Crippen molar-refractivity contribution in [3.8, 4) is 0 Å². The predicted octanol–water partition coefficient (Wildman–Crippen LogP) is 6.17. The Kier molecular flexibility index (Phi) is 12.3. The monoisotopic (exact) mass is 290 g/mol. The largest absolute Gasteiger partial charge is 0.377 e. The third kappa shape index (κ3) is 13.9. The molecule has 1 aromatic rings. The normalized spacial score (nSPS) is 12.6. The zero-order chi connectivity index (χ0) is 15.0. The van der Waals surface area contributed by atoms with Gasteiger partial charge >= 0.3 is 0 Å². The number of epoxide rings is 1. The highest BCUT2D eigenvalue weighted by Crippen LogP contribution is 2.12. The van der Waals surface area contributed by atoms with Gasteiger partial charge in [-0.1, -0.05) is 95.0 Å². The van der Waals surface area contributed by atoms with Gasteiger partial charge in [0.05, 0.1) is 13.2 Å². The highest BCUT2D eigenvalue weighted by Gasteiger charge is 1.94. The van der Waals surface area contributed by atoms with Crippen LogP contribution in [0.4, 0.5) is 0 Å². The summed E-state index contributed by atoms with van der Waals surface area (Å²) in [5.74, 6) is 0. The highest BCUT2D eigenvalue weighted by molar-refractivity contribution is 5.14. The Morgan fingerprint density at radius 1 is 0.714 bits per heavy atom. The van der Waals surface area contributed by atoms with Gasteiger partial charge in [-0.05, 0) is 18.4 Å². The van der Waals surface area contributed by atoms with Crippen LogP contribution >= 0.6 is 0 Å². The summed E-state index contributed by atoms with van der Waals surface area (Å²) in [6.45, 7) is 4.28. The maximum Gasteiger partial charge on any atom is 0.0701 e. The first-order valence-corrected chi connectivity index (χ1v) is 9.05. The summed E-state index contributed by atoms with van der Waals surface area (Å²) in [6.07, 6.45) is 15.5. The molecule has 0 bridgehead atoms. The Morgan fingerprint density at radius 2 is 1.19 bits per heavy atom. The van der Waals surface area contributed by atoms with Crippen molar-refractivity contribution in [3.05, 3.63) is 35.9 Å². The lowest BCUT2D eigenvalue weighted by Crippen LogP contribution is -1.86. The fourth-order valence-corrected chi connectivity index (χ4v) is 2.46. The second-order valence-electron chi connectivity index (χ2n) is 6.03. The lowest BCUT2D eigenvalue weighted by atomic mass is 10.0. The minimum atomic E-state index is 1.00. The number of rotatable bonds is 11. The van der Waals surface area contributed by atoms with Crippen LogP contribution < -0.4 is 0 Å². The van der Waals surface area contributed by atoms with Gasteiger partial charge in [0.25, 0.3) is 0 Å². The Hall–Kier alpha value is -0.820. The van der Waals surface area contributed by atoms with Crippen molar-refractivity contribution in [1.29, 1.82) is 0 Å². The topological polar surface area (TPSA) is 12.5 Å². The molecule has 2 rings (SSSR count). The summed E-state index contributed by atoms with van der Waals surface area (Å²) in [6, 6.07) is 10.9. The van der Waals surface area contributed by atoms with E-state index in [1.165, 1.54) is 76.2 Å². The first-order valence-electron chi connectivity index (χ1n) is 9.05. The van der Waals surface area contributed by atoms with Crippen LogP contribution in [-0.4, -0.2) is 13.2 Å². The van der Waals surface area contributed by atoms with Crippen LogP contribution in [-0.2, 0) is 11.2 Å². The van der Waals surface area contributed by atoms with Gasteiger partial charge in [-0.25, -0.2) is 0 Å². The Balaban J connectivity index is 0.000000647. The van der Waals surface area contributed by atoms with E-state index in [0.29, 0.717) is 0 Å². The summed E-state index contributed by atoms with van der Waals surface area (Å²) in [5.41, 5.74) is 1.50. The first-order chi connectivity index (χ1) is 10.4. The van der Waals surface area contributed by atoms with Gasteiger partial charge in [-0.3, -0.25) is 0 Å². The van der Waals surface area contributed by atoms with Crippen molar-refractivity contribution in [3.63, 3.8) is 0 Å². The molecule has 120 valence electrons. The maximum atomic E-state index is 4.50. The fourth-order valence-electron chi connectivity index (χ4n) is 2.46. The Labute approximate surface area is 132 Å². The van der Waals surface area contributed by atoms with E-state index in [1.54, 1.807) is 0 Å². The lowest BCUT2D eigenvalue weighted by Gasteiger charge is -2.03. The molecule has 0 spiro atoms. The number of aryl methyl sites for hydroxylation is 1. The number of hydrogen-bond donors (Lipinski definition) is 0. The van der Waals surface area contributed by atoms with Crippen LogP contribution in [0.25, 0.3) is 0 Å². The van der Waals surface area contributed by atoms with E-state index in [0.717, 1.165) is 13.2 Å². The lowest BCUT2D eigenvalue weighted by molar-refractivity contribution is 0.475. The van der Waals surface area contributed by atoms with Gasteiger partial charge in [-0.2, -0.15) is 0 Å². The van der Waals surface area contributed by atoms with Crippen LogP contribution in [0.3, 0.4) is 0 Å². The summed E-state index contributed by atoms with van der Waals surface area (Å²) < 4.78 is 4.50. The Bertz CT molecular complexity index is 302. The second-order valence-corrected chi connectivity index (χ2v) is 6.03. The zero-order valence-corrected chi connectivity index (χ0v) is 14.0. The molecule has 1 heteroatoms. The van der Waals surface area contributed by atoms with Gasteiger partial charge in [-0.15, -0.1) is 0 Å². The summed E-state index contributed by atoms with van der Waals surface area (Å²) in [7, 11) is 0. The zero-order valence-electron chi connectivity index (χ0n) is 14.0. The van der Waals surface area contributed by atoms with Gasteiger partial charge in [0.2, 0.25) is 0 Å². The van der Waals surface area contributed by atoms with E-state index in [2.05, 4.69) is 42.0 Å². The molecule has 1 aromatic carbocycles. The molecule has 0 aromatic heterocycles. The van der Waals surface area contributed by atoms with Crippen molar-refractivity contribution in [1.82, 2.24) is 0 Å². The second kappa shape index (κ2) is 14.1. The number of hydrogen-bond acceptors (Lipinski definition) is 1. The molecule has 1 fully saturated rings. The third-order valence-corrected chi connectivity index (χ3v) is 3.87. The van der Waals surface area contributed by atoms with E-state index < -0.39 is 0 Å². The predicted molar refractivity (Wildman–Crippen MR) is 92.8 cm³/mol. The molecular formula is C20H34O. The molecule has 0 radical (unpaired) electrons. The van der Waals surface area contributed by atoms with E-state index in [4.69, 9.17) is 0 Å². The van der Waals surface area contributed by atoms with Crippen LogP contribution in [0.15, 0.2) is 30.3 Å². The van der Waals surface area contributed by atoms with E-state index in [9.17, 15) is 0 Å². The quantitative estimate of drug-likeness (QED) is 0.351. The molecule has 1 nitrogen and oxygen atoms in total. The van der Waals surface area contributed by atoms with E-state index in [1.807, 2.05) is 0 Å². The molecule has 1 heterocycles. The molecule has 0 unspecified atom stereocenters. The number of ether oxygens (including phenoxy) is 1. The maximum absolute atomic E-state index is 4.50. The summed E-state index contributed by atoms with van der Waals surface area (Å²) in [5, 5.41) is 0. The third-order valence-electron chi connectivity index (χ3n) is 3.87. The molecule has 1 saturated heterocycles. The first kappa shape index (κ1) is 18.2. The van der Waals surface area contributed by atoms with Crippen LogP contribution in [0.5, 0.6) is 0 Å². The van der Waals surface area contributed by atoms with E-state index >= 15 is 0 Å². The molecule has 0 N–H and O–H groups in total. The molecular weight excluding hydrogens is 256 g/mol. The van der Waals surface area contributed by atoms with E-state index in [-0.39, 0.29) is 0 Å². The van der Waals surface area contributed by atoms with Crippen molar-refractivity contribution in [2.24, 2.45) is 0 Å². The molecule has 0 atom stereocenters. The van der Waals surface area contributed by atoms with Gasteiger partial charge in [0.15, 0.2) is 0 Å². The van der Waals surface area contributed by atoms with Crippen LogP contribution in [0.1, 0.15) is 76.7 Å². The molecule has 1 aliphatic rings. The number of unbranched alkanes of at least 4 members (excludes halogenated alkanes) is 9. The van der Waals surface area contributed by atoms with Gasteiger partial charge in [0, 0.05) is 0 Å². The highest BCUT2D eigenvalue weighted by atomic mass is 16.6. The molecule has 0 aliphatic carbocycles. The van der Waals surface area contributed by atoms with Crippen LogP contribution in [0.2, 0.25) is 0 Å².